The van der Waals surface area contributed by atoms with Gasteiger partial charge in [-0.05, 0) is 30.7 Å². The second kappa shape index (κ2) is 6.72. The smallest absolute Gasteiger partial charge is 0.125 e. The van der Waals surface area contributed by atoms with Crippen LogP contribution in [0.5, 0.6) is 0 Å². The molecular formula is C17H17FN2. The molecule has 0 amide bonds. The summed E-state index contributed by atoms with van der Waals surface area (Å²) in [4.78, 5) is 2.02. The molecule has 2 aromatic rings. The van der Waals surface area contributed by atoms with Crippen molar-refractivity contribution in [2.75, 3.05) is 18.0 Å². The molecule has 2 rings (SSSR count). The lowest BCUT2D eigenvalue weighted by Crippen LogP contribution is -2.28. The van der Waals surface area contributed by atoms with Crippen molar-refractivity contribution in [1.29, 1.82) is 5.26 Å². The number of likely N-dealkylation sites (N-methyl/N-ethyl adjacent to an activating group) is 1. The molecule has 2 aromatic carbocycles. The topological polar surface area (TPSA) is 27.0 Å². The highest BCUT2D eigenvalue weighted by molar-refractivity contribution is 5.47. The molecule has 0 saturated heterocycles. The van der Waals surface area contributed by atoms with E-state index in [0.29, 0.717) is 6.54 Å². The molecule has 20 heavy (non-hydrogen) atoms. The van der Waals surface area contributed by atoms with Gasteiger partial charge in [-0.1, -0.05) is 36.4 Å². The monoisotopic (exact) mass is 268 g/mol. The summed E-state index contributed by atoms with van der Waals surface area (Å²) < 4.78 is 13.3. The summed E-state index contributed by atoms with van der Waals surface area (Å²) in [6.07, 6.45) is 0. The van der Waals surface area contributed by atoms with E-state index in [0.717, 1.165) is 17.8 Å². The fraction of sp³-hybridized carbons (Fsp3) is 0.235. The van der Waals surface area contributed by atoms with E-state index in [1.54, 1.807) is 6.07 Å². The number of anilines is 1. The Hall–Kier alpha value is -2.34. The third-order valence-electron chi connectivity index (χ3n) is 3.32. The molecule has 0 aliphatic heterocycles. The Labute approximate surface area is 119 Å². The maximum absolute atomic E-state index is 13.3. The van der Waals surface area contributed by atoms with E-state index in [2.05, 4.69) is 6.07 Å². The molecule has 3 heteroatoms. The van der Waals surface area contributed by atoms with E-state index in [4.69, 9.17) is 0 Å². The van der Waals surface area contributed by atoms with Gasteiger partial charge in [0.1, 0.15) is 5.82 Å². The second-order valence-corrected chi connectivity index (χ2v) is 4.61. The zero-order valence-electron chi connectivity index (χ0n) is 11.5. The molecule has 102 valence electrons. The minimum atomic E-state index is -0.255. The Balaban J connectivity index is 2.19. The molecule has 1 unspecified atom stereocenters. The van der Waals surface area contributed by atoms with Gasteiger partial charge in [-0.2, -0.15) is 5.26 Å². The van der Waals surface area contributed by atoms with Crippen molar-refractivity contribution in [2.24, 2.45) is 0 Å². The molecule has 0 spiro atoms. The lowest BCUT2D eigenvalue weighted by Gasteiger charge is -2.25. The molecule has 0 radical (unpaired) electrons. The van der Waals surface area contributed by atoms with E-state index in [-0.39, 0.29) is 11.7 Å². The summed E-state index contributed by atoms with van der Waals surface area (Å²) in [6, 6.07) is 18.5. The number of rotatable bonds is 5. The van der Waals surface area contributed by atoms with Crippen molar-refractivity contribution in [1.82, 2.24) is 0 Å². The lowest BCUT2D eigenvalue weighted by molar-refractivity contribution is 0.626. The Morgan fingerprint density at radius 2 is 1.90 bits per heavy atom. The SMILES string of the molecule is CCN(CC(C#N)c1ccccc1)c1cccc(F)c1. The van der Waals surface area contributed by atoms with Crippen LogP contribution in [0.4, 0.5) is 10.1 Å². The van der Waals surface area contributed by atoms with Crippen molar-refractivity contribution in [3.8, 4) is 6.07 Å². The zero-order chi connectivity index (χ0) is 14.4. The first-order chi connectivity index (χ1) is 9.74. The Morgan fingerprint density at radius 1 is 1.15 bits per heavy atom. The van der Waals surface area contributed by atoms with Crippen molar-refractivity contribution < 1.29 is 4.39 Å². The van der Waals surface area contributed by atoms with Gasteiger partial charge in [0.05, 0.1) is 12.0 Å². The van der Waals surface area contributed by atoms with Crippen LogP contribution in [0.2, 0.25) is 0 Å². The lowest BCUT2D eigenvalue weighted by atomic mass is 10.00. The van der Waals surface area contributed by atoms with Crippen LogP contribution in [-0.2, 0) is 0 Å². The molecular weight excluding hydrogens is 251 g/mol. The van der Waals surface area contributed by atoms with E-state index in [1.807, 2.05) is 48.2 Å². The van der Waals surface area contributed by atoms with Crippen molar-refractivity contribution in [3.05, 3.63) is 66.0 Å². The van der Waals surface area contributed by atoms with Crippen LogP contribution in [0.3, 0.4) is 0 Å². The van der Waals surface area contributed by atoms with Gasteiger partial charge >= 0.3 is 0 Å². The van der Waals surface area contributed by atoms with Crippen molar-refractivity contribution >= 4 is 5.69 Å². The van der Waals surface area contributed by atoms with Gasteiger partial charge < -0.3 is 4.90 Å². The molecule has 0 N–H and O–H groups in total. The summed E-state index contributed by atoms with van der Waals surface area (Å²) in [7, 11) is 0. The number of hydrogen-bond donors (Lipinski definition) is 0. The van der Waals surface area contributed by atoms with Crippen LogP contribution in [0, 0.1) is 17.1 Å². The van der Waals surface area contributed by atoms with E-state index < -0.39 is 0 Å². The standard InChI is InChI=1S/C17H17FN2/c1-2-20(17-10-6-9-16(18)11-17)13-15(12-19)14-7-4-3-5-8-14/h3-11,15H,2,13H2,1H3. The highest BCUT2D eigenvalue weighted by Gasteiger charge is 2.15. The van der Waals surface area contributed by atoms with E-state index in [1.165, 1.54) is 12.1 Å². The van der Waals surface area contributed by atoms with Gasteiger partial charge in [0.25, 0.3) is 0 Å². The number of benzene rings is 2. The van der Waals surface area contributed by atoms with Crippen LogP contribution in [-0.4, -0.2) is 13.1 Å². The Bertz CT molecular complexity index is 589. The van der Waals surface area contributed by atoms with Crippen LogP contribution in [0.1, 0.15) is 18.4 Å². The molecule has 0 saturated carbocycles. The molecule has 0 aromatic heterocycles. The summed E-state index contributed by atoms with van der Waals surface area (Å²) >= 11 is 0. The minimum absolute atomic E-state index is 0.223. The first-order valence-corrected chi connectivity index (χ1v) is 6.69. The number of hydrogen-bond acceptors (Lipinski definition) is 2. The normalized spacial score (nSPS) is 11.7. The average molecular weight is 268 g/mol. The van der Waals surface area contributed by atoms with Crippen LogP contribution in [0.25, 0.3) is 0 Å². The molecule has 0 bridgehead atoms. The van der Waals surface area contributed by atoms with Gasteiger partial charge in [0.15, 0.2) is 0 Å². The average Bonchev–Trinajstić information content (AvgIpc) is 2.49. The maximum atomic E-state index is 13.3. The molecule has 0 fully saturated rings. The number of nitriles is 1. The van der Waals surface area contributed by atoms with Crippen LogP contribution in [0.15, 0.2) is 54.6 Å². The molecule has 0 heterocycles. The minimum Gasteiger partial charge on any atom is -0.370 e. The predicted octanol–water partition coefficient (Wildman–Crippen LogP) is 3.96. The summed E-state index contributed by atoms with van der Waals surface area (Å²) in [6.45, 7) is 3.29. The summed E-state index contributed by atoms with van der Waals surface area (Å²) in [5.41, 5.74) is 1.80. The number of nitrogens with zero attached hydrogens (tertiary/aromatic N) is 2. The highest BCUT2D eigenvalue weighted by atomic mass is 19.1. The fourth-order valence-corrected chi connectivity index (χ4v) is 2.22. The van der Waals surface area contributed by atoms with Gasteiger partial charge in [-0.25, -0.2) is 4.39 Å². The van der Waals surface area contributed by atoms with E-state index >= 15 is 0 Å². The zero-order valence-corrected chi connectivity index (χ0v) is 11.5. The van der Waals surface area contributed by atoms with Gasteiger partial charge in [0, 0.05) is 18.8 Å². The maximum Gasteiger partial charge on any atom is 0.125 e. The Kier molecular flexibility index (Phi) is 4.73. The van der Waals surface area contributed by atoms with Gasteiger partial charge in [-0.15, -0.1) is 0 Å². The largest absolute Gasteiger partial charge is 0.370 e. The molecule has 1 atom stereocenters. The fourth-order valence-electron chi connectivity index (χ4n) is 2.22. The first-order valence-electron chi connectivity index (χ1n) is 6.69. The van der Waals surface area contributed by atoms with Crippen molar-refractivity contribution in [3.63, 3.8) is 0 Å². The highest BCUT2D eigenvalue weighted by Crippen LogP contribution is 2.21. The quantitative estimate of drug-likeness (QED) is 0.820. The summed E-state index contributed by atoms with van der Waals surface area (Å²) in [5, 5.41) is 9.37. The molecule has 2 nitrogen and oxygen atoms in total. The first kappa shape index (κ1) is 14.1. The van der Waals surface area contributed by atoms with Crippen LogP contribution < -0.4 is 4.90 Å². The Morgan fingerprint density at radius 3 is 2.50 bits per heavy atom. The predicted molar refractivity (Wildman–Crippen MR) is 79.1 cm³/mol. The summed E-state index contributed by atoms with van der Waals surface area (Å²) in [5.74, 6) is -0.478. The third kappa shape index (κ3) is 3.36. The molecule has 0 aliphatic rings. The molecule has 0 aliphatic carbocycles. The third-order valence-corrected chi connectivity index (χ3v) is 3.32. The van der Waals surface area contributed by atoms with Gasteiger partial charge in [0.2, 0.25) is 0 Å². The van der Waals surface area contributed by atoms with Gasteiger partial charge in [-0.3, -0.25) is 0 Å². The number of halogens is 1. The van der Waals surface area contributed by atoms with E-state index in [9.17, 15) is 9.65 Å². The van der Waals surface area contributed by atoms with Crippen LogP contribution >= 0.6 is 0 Å². The van der Waals surface area contributed by atoms with Crippen molar-refractivity contribution in [2.45, 2.75) is 12.8 Å². The second-order valence-electron chi connectivity index (χ2n) is 4.61.